The molecule has 0 aromatic heterocycles. The Kier molecular flexibility index (Phi) is 4.24. The summed E-state index contributed by atoms with van der Waals surface area (Å²) in [5.41, 5.74) is 1.28. The van der Waals surface area contributed by atoms with Crippen LogP contribution in [-0.2, 0) is 15.5 Å². The maximum Gasteiger partial charge on any atom is 0.548 e. The van der Waals surface area contributed by atoms with Crippen molar-refractivity contribution in [1.82, 2.24) is 0 Å². The van der Waals surface area contributed by atoms with Crippen LogP contribution in [0.15, 0.2) is 24.3 Å². The largest absolute Gasteiger partial charge is 0.548 e. The predicted molar refractivity (Wildman–Crippen MR) is 59.2 cm³/mol. The summed E-state index contributed by atoms with van der Waals surface area (Å²) in [5, 5.41) is 0.759. The van der Waals surface area contributed by atoms with Crippen LogP contribution in [0.1, 0.15) is 19.4 Å². The van der Waals surface area contributed by atoms with Crippen LogP contribution in [0.2, 0.25) is 0 Å². The molecule has 0 N–H and O–H groups in total. The first kappa shape index (κ1) is 11.4. The van der Waals surface area contributed by atoms with E-state index in [9.17, 15) is 4.57 Å². The summed E-state index contributed by atoms with van der Waals surface area (Å²) in [7, 11) is -0.197. The fraction of sp³-hybridized carbons (Fsp3) is 0.455. The molecule has 2 nitrogen and oxygen atoms in total. The fourth-order valence-electron chi connectivity index (χ4n) is 1.33. The van der Waals surface area contributed by atoms with Gasteiger partial charge in [0.2, 0.25) is 5.30 Å². The second kappa shape index (κ2) is 5.23. The third kappa shape index (κ3) is 3.21. The second-order valence-corrected chi connectivity index (χ2v) is 5.10. The van der Waals surface area contributed by atoms with Crippen LogP contribution < -0.4 is 5.30 Å². The number of benzene rings is 1. The van der Waals surface area contributed by atoms with Gasteiger partial charge >= 0.3 is 8.03 Å². The molecule has 76 valence electrons. The standard InChI is InChI=1S/C11H16O2P/c1-9(2)8-10-4-6-11(7-5-10)14(12)13-3/h4-7,9H,8H2,1-3H3/q+1. The van der Waals surface area contributed by atoms with E-state index in [1.807, 2.05) is 24.3 Å². The molecule has 0 aliphatic rings. The molecule has 0 radical (unpaired) electrons. The molecule has 0 heterocycles. The molecule has 1 aromatic rings. The topological polar surface area (TPSA) is 26.3 Å². The Balaban J connectivity index is 2.73. The average molecular weight is 211 g/mol. The van der Waals surface area contributed by atoms with E-state index < -0.39 is 8.03 Å². The Morgan fingerprint density at radius 2 is 1.86 bits per heavy atom. The molecule has 1 aromatic carbocycles. The molecule has 0 bridgehead atoms. The number of hydrogen-bond donors (Lipinski definition) is 0. The molecule has 1 atom stereocenters. The lowest BCUT2D eigenvalue weighted by atomic mass is 10.0. The Morgan fingerprint density at radius 3 is 2.29 bits per heavy atom. The zero-order valence-corrected chi connectivity index (χ0v) is 9.75. The van der Waals surface area contributed by atoms with E-state index in [1.165, 1.54) is 12.7 Å². The van der Waals surface area contributed by atoms with Gasteiger partial charge in [-0.3, -0.25) is 0 Å². The first-order chi connectivity index (χ1) is 6.63. The minimum absolute atomic E-state index is 0.650. The van der Waals surface area contributed by atoms with Crippen LogP contribution in [-0.4, -0.2) is 7.11 Å². The van der Waals surface area contributed by atoms with Crippen molar-refractivity contribution in [3.63, 3.8) is 0 Å². The van der Waals surface area contributed by atoms with Gasteiger partial charge in [-0.15, -0.1) is 4.52 Å². The monoisotopic (exact) mass is 211 g/mol. The summed E-state index contributed by atoms with van der Waals surface area (Å²) in [5.74, 6) is 0.650. The van der Waals surface area contributed by atoms with E-state index in [-0.39, 0.29) is 0 Å². The van der Waals surface area contributed by atoms with Gasteiger partial charge in [-0.1, -0.05) is 26.0 Å². The lowest BCUT2D eigenvalue weighted by Gasteiger charge is -2.02. The van der Waals surface area contributed by atoms with Crippen LogP contribution in [0.3, 0.4) is 0 Å². The van der Waals surface area contributed by atoms with Gasteiger partial charge in [0.15, 0.2) is 0 Å². The van der Waals surface area contributed by atoms with Crippen LogP contribution in [0.25, 0.3) is 0 Å². The van der Waals surface area contributed by atoms with Gasteiger partial charge in [-0.05, 0) is 34.6 Å². The van der Waals surface area contributed by atoms with Gasteiger partial charge in [0.1, 0.15) is 0 Å². The molecule has 0 saturated heterocycles. The zero-order chi connectivity index (χ0) is 10.6. The summed E-state index contributed by atoms with van der Waals surface area (Å²) in [4.78, 5) is 0. The lowest BCUT2D eigenvalue weighted by molar-refractivity contribution is 0.423. The van der Waals surface area contributed by atoms with Crippen molar-refractivity contribution in [3.8, 4) is 0 Å². The Morgan fingerprint density at radius 1 is 1.29 bits per heavy atom. The third-order valence-electron chi connectivity index (χ3n) is 1.96. The molecule has 0 saturated carbocycles. The average Bonchev–Trinajstić information content (AvgIpc) is 2.17. The Bertz CT molecular complexity index is 304. The highest BCUT2D eigenvalue weighted by atomic mass is 31.1. The molecule has 0 aliphatic carbocycles. The first-order valence-electron chi connectivity index (χ1n) is 4.73. The summed E-state index contributed by atoms with van der Waals surface area (Å²) in [6, 6.07) is 7.78. The smallest absolute Gasteiger partial charge is 0.145 e. The molecule has 0 fully saturated rings. The Hall–Kier alpha value is -0.720. The van der Waals surface area contributed by atoms with Crippen molar-refractivity contribution < 1.29 is 9.09 Å². The van der Waals surface area contributed by atoms with Crippen molar-refractivity contribution in [2.24, 2.45) is 5.92 Å². The van der Waals surface area contributed by atoms with Crippen molar-refractivity contribution in [3.05, 3.63) is 29.8 Å². The number of rotatable bonds is 4. The van der Waals surface area contributed by atoms with Crippen molar-refractivity contribution in [1.29, 1.82) is 0 Å². The molecule has 0 aliphatic heterocycles. The Labute approximate surface area is 86.2 Å². The van der Waals surface area contributed by atoms with Crippen LogP contribution in [0, 0.1) is 5.92 Å². The van der Waals surface area contributed by atoms with Gasteiger partial charge < -0.3 is 0 Å². The molecule has 14 heavy (non-hydrogen) atoms. The van der Waals surface area contributed by atoms with Gasteiger partial charge in [-0.25, -0.2) is 0 Å². The van der Waals surface area contributed by atoms with Gasteiger partial charge in [-0.2, -0.15) is 0 Å². The van der Waals surface area contributed by atoms with Gasteiger partial charge in [0, 0.05) is 0 Å². The van der Waals surface area contributed by atoms with E-state index in [0.29, 0.717) is 5.92 Å². The second-order valence-electron chi connectivity index (χ2n) is 3.70. The van der Waals surface area contributed by atoms with Crippen molar-refractivity contribution in [2.75, 3.05) is 7.11 Å². The van der Waals surface area contributed by atoms with E-state index in [2.05, 4.69) is 13.8 Å². The quantitative estimate of drug-likeness (QED) is 0.716. The molecule has 1 unspecified atom stereocenters. The van der Waals surface area contributed by atoms with E-state index in [0.717, 1.165) is 11.7 Å². The van der Waals surface area contributed by atoms with Gasteiger partial charge in [0.25, 0.3) is 0 Å². The molecular formula is C11H16O2P+. The fourth-order valence-corrected chi connectivity index (χ4v) is 1.93. The maximum absolute atomic E-state index is 11.3. The highest BCUT2D eigenvalue weighted by Crippen LogP contribution is 2.19. The van der Waals surface area contributed by atoms with Crippen LogP contribution >= 0.6 is 8.03 Å². The summed E-state index contributed by atoms with van der Waals surface area (Å²) in [6.45, 7) is 4.37. The first-order valence-corrected chi connectivity index (χ1v) is 5.91. The highest BCUT2D eigenvalue weighted by molar-refractivity contribution is 7.48. The predicted octanol–water partition coefficient (Wildman–Crippen LogP) is 2.90. The van der Waals surface area contributed by atoms with Crippen LogP contribution in [0.5, 0.6) is 0 Å². The lowest BCUT2D eigenvalue weighted by Crippen LogP contribution is -1.99. The van der Waals surface area contributed by atoms with Crippen LogP contribution in [0.4, 0.5) is 0 Å². The third-order valence-corrected chi connectivity index (χ3v) is 3.01. The summed E-state index contributed by atoms with van der Waals surface area (Å²) < 4.78 is 16.0. The van der Waals surface area contributed by atoms with E-state index in [1.54, 1.807) is 0 Å². The van der Waals surface area contributed by atoms with E-state index >= 15 is 0 Å². The molecular weight excluding hydrogens is 195 g/mol. The summed E-state index contributed by atoms with van der Waals surface area (Å²) >= 11 is 0. The maximum atomic E-state index is 11.3. The minimum atomic E-state index is -1.66. The normalized spacial score (nSPS) is 11.9. The zero-order valence-electron chi connectivity index (χ0n) is 8.86. The van der Waals surface area contributed by atoms with Crippen molar-refractivity contribution in [2.45, 2.75) is 20.3 Å². The molecule has 0 spiro atoms. The SMILES string of the molecule is CO[P+](=O)c1ccc(CC(C)C)cc1. The molecule has 1 rings (SSSR count). The van der Waals surface area contributed by atoms with Gasteiger partial charge in [0.05, 0.1) is 7.11 Å². The highest BCUT2D eigenvalue weighted by Gasteiger charge is 2.18. The molecule has 3 heteroatoms. The minimum Gasteiger partial charge on any atom is -0.145 e. The molecule has 0 amide bonds. The van der Waals surface area contributed by atoms with E-state index in [4.69, 9.17) is 4.52 Å². The summed E-state index contributed by atoms with van der Waals surface area (Å²) in [6.07, 6.45) is 1.06. The van der Waals surface area contributed by atoms with Crippen molar-refractivity contribution >= 4 is 13.3 Å². The number of hydrogen-bond acceptors (Lipinski definition) is 2.